The highest BCUT2D eigenvalue weighted by Gasteiger charge is 2.26. The van der Waals surface area contributed by atoms with Gasteiger partial charge in [-0.15, -0.1) is 0 Å². The number of aromatic nitrogens is 2. The van der Waals surface area contributed by atoms with E-state index in [1.165, 1.54) is 0 Å². The SMILES string of the molecule is Cn1ccc([C@H]2CCCN(C(=O)Cc3ccsc3)C2)n1. The van der Waals surface area contributed by atoms with Crippen molar-refractivity contribution in [2.24, 2.45) is 7.05 Å². The van der Waals surface area contributed by atoms with Crippen LogP contribution in [0.25, 0.3) is 0 Å². The molecule has 0 bridgehead atoms. The minimum absolute atomic E-state index is 0.240. The Bertz CT molecular complexity index is 576. The van der Waals surface area contributed by atoms with Crippen molar-refractivity contribution in [1.29, 1.82) is 0 Å². The lowest BCUT2D eigenvalue weighted by Crippen LogP contribution is -2.40. The smallest absolute Gasteiger partial charge is 0.227 e. The normalized spacial score (nSPS) is 19.2. The molecule has 106 valence electrons. The van der Waals surface area contributed by atoms with Crippen molar-refractivity contribution in [2.45, 2.75) is 25.2 Å². The third-order valence-electron chi connectivity index (χ3n) is 3.86. The summed E-state index contributed by atoms with van der Waals surface area (Å²) >= 11 is 1.64. The molecule has 1 amide bonds. The monoisotopic (exact) mass is 289 g/mol. The van der Waals surface area contributed by atoms with Crippen molar-refractivity contribution in [1.82, 2.24) is 14.7 Å². The Morgan fingerprint density at radius 2 is 2.40 bits per heavy atom. The van der Waals surface area contributed by atoms with Gasteiger partial charge in [0.15, 0.2) is 0 Å². The van der Waals surface area contributed by atoms with E-state index in [2.05, 4.69) is 16.5 Å². The van der Waals surface area contributed by atoms with E-state index in [9.17, 15) is 4.79 Å². The molecule has 0 saturated carbocycles. The van der Waals surface area contributed by atoms with Gasteiger partial charge in [-0.2, -0.15) is 16.4 Å². The van der Waals surface area contributed by atoms with Gasteiger partial charge < -0.3 is 4.90 Å². The van der Waals surface area contributed by atoms with E-state index < -0.39 is 0 Å². The van der Waals surface area contributed by atoms with Gasteiger partial charge in [-0.25, -0.2) is 0 Å². The molecule has 3 rings (SSSR count). The molecule has 0 unspecified atom stereocenters. The summed E-state index contributed by atoms with van der Waals surface area (Å²) < 4.78 is 1.83. The number of amides is 1. The van der Waals surface area contributed by atoms with Gasteiger partial charge in [-0.3, -0.25) is 9.48 Å². The van der Waals surface area contributed by atoms with Gasteiger partial charge in [0, 0.05) is 32.3 Å². The second kappa shape index (κ2) is 5.79. The van der Waals surface area contributed by atoms with Crippen LogP contribution in [0.15, 0.2) is 29.1 Å². The molecule has 1 fully saturated rings. The maximum atomic E-state index is 12.4. The van der Waals surface area contributed by atoms with Gasteiger partial charge in [0.25, 0.3) is 0 Å². The Hall–Kier alpha value is -1.62. The van der Waals surface area contributed by atoms with Crippen molar-refractivity contribution in [2.75, 3.05) is 13.1 Å². The molecule has 1 saturated heterocycles. The van der Waals surface area contributed by atoms with Crippen LogP contribution < -0.4 is 0 Å². The van der Waals surface area contributed by atoms with Crippen LogP contribution in [0.5, 0.6) is 0 Å². The fourth-order valence-electron chi connectivity index (χ4n) is 2.78. The predicted octanol–water partition coefficient (Wildman–Crippen LogP) is 2.43. The lowest BCUT2D eigenvalue weighted by atomic mass is 9.94. The number of piperidine rings is 1. The van der Waals surface area contributed by atoms with Crippen molar-refractivity contribution in [3.63, 3.8) is 0 Å². The first-order valence-electron chi connectivity index (χ1n) is 7.01. The lowest BCUT2D eigenvalue weighted by molar-refractivity contribution is -0.131. The summed E-state index contributed by atoms with van der Waals surface area (Å²) in [6.45, 7) is 1.69. The van der Waals surface area contributed by atoms with E-state index in [1.54, 1.807) is 11.3 Å². The molecule has 1 aliphatic rings. The van der Waals surface area contributed by atoms with Crippen LogP contribution in [0.2, 0.25) is 0 Å². The molecule has 2 aromatic rings. The Labute approximate surface area is 123 Å². The first-order chi connectivity index (χ1) is 9.72. The second-order valence-corrected chi connectivity index (χ2v) is 6.18. The number of carbonyl (C=O) groups is 1. The molecule has 0 radical (unpaired) electrons. The molecule has 1 aliphatic heterocycles. The molecule has 20 heavy (non-hydrogen) atoms. The third-order valence-corrected chi connectivity index (χ3v) is 4.59. The van der Waals surface area contributed by atoms with Gasteiger partial charge in [0.2, 0.25) is 5.91 Å². The molecule has 2 aromatic heterocycles. The van der Waals surface area contributed by atoms with E-state index in [-0.39, 0.29) is 5.91 Å². The minimum Gasteiger partial charge on any atom is -0.342 e. The summed E-state index contributed by atoms with van der Waals surface area (Å²) in [4.78, 5) is 14.4. The zero-order chi connectivity index (χ0) is 13.9. The molecule has 5 heteroatoms. The highest BCUT2D eigenvalue weighted by molar-refractivity contribution is 7.07. The first kappa shape index (κ1) is 13.4. The second-order valence-electron chi connectivity index (χ2n) is 5.40. The predicted molar refractivity (Wildman–Crippen MR) is 79.8 cm³/mol. The van der Waals surface area contributed by atoms with Crippen LogP contribution in [-0.2, 0) is 18.3 Å². The van der Waals surface area contributed by atoms with Crippen LogP contribution in [-0.4, -0.2) is 33.7 Å². The lowest BCUT2D eigenvalue weighted by Gasteiger charge is -2.32. The summed E-state index contributed by atoms with van der Waals surface area (Å²) in [5, 5.41) is 8.56. The van der Waals surface area contributed by atoms with Gasteiger partial charge in [0.05, 0.1) is 12.1 Å². The van der Waals surface area contributed by atoms with Crippen LogP contribution >= 0.6 is 11.3 Å². The van der Waals surface area contributed by atoms with Crippen LogP contribution in [0.1, 0.15) is 30.0 Å². The summed E-state index contributed by atoms with van der Waals surface area (Å²) in [6, 6.07) is 4.10. The Balaban J connectivity index is 1.64. The Morgan fingerprint density at radius 3 is 3.10 bits per heavy atom. The number of aryl methyl sites for hydroxylation is 1. The van der Waals surface area contributed by atoms with Crippen LogP contribution in [0.3, 0.4) is 0 Å². The number of hydrogen-bond donors (Lipinski definition) is 0. The van der Waals surface area contributed by atoms with Gasteiger partial charge >= 0.3 is 0 Å². The number of likely N-dealkylation sites (tertiary alicyclic amines) is 1. The minimum atomic E-state index is 0.240. The largest absolute Gasteiger partial charge is 0.342 e. The molecular formula is C15H19N3OS. The van der Waals surface area contributed by atoms with Gasteiger partial charge in [-0.05, 0) is 41.3 Å². The summed E-state index contributed by atoms with van der Waals surface area (Å²) in [5.41, 5.74) is 2.24. The third kappa shape index (κ3) is 2.93. The Morgan fingerprint density at radius 1 is 1.50 bits per heavy atom. The van der Waals surface area contributed by atoms with Gasteiger partial charge in [-0.1, -0.05) is 0 Å². The highest BCUT2D eigenvalue weighted by Crippen LogP contribution is 2.26. The average molecular weight is 289 g/mol. The molecule has 4 nitrogen and oxygen atoms in total. The molecule has 3 heterocycles. The number of thiophene rings is 1. The fourth-order valence-corrected chi connectivity index (χ4v) is 3.44. The van der Waals surface area contributed by atoms with Crippen molar-refractivity contribution in [3.8, 4) is 0 Å². The number of rotatable bonds is 3. The molecule has 0 spiro atoms. The fraction of sp³-hybridized carbons (Fsp3) is 0.467. The van der Waals surface area contributed by atoms with Crippen LogP contribution in [0.4, 0.5) is 0 Å². The number of nitrogens with zero attached hydrogens (tertiary/aromatic N) is 3. The van der Waals surface area contributed by atoms with Crippen molar-refractivity contribution >= 4 is 17.2 Å². The standard InChI is InChI=1S/C15H19N3OS/c1-17-7-4-14(16-17)13-3-2-6-18(10-13)15(19)9-12-5-8-20-11-12/h4-5,7-8,11,13H,2-3,6,9-10H2,1H3/t13-/m0/s1. The van der Waals surface area contributed by atoms with E-state index in [0.29, 0.717) is 12.3 Å². The summed E-state index contributed by atoms with van der Waals surface area (Å²) in [5.74, 6) is 0.625. The zero-order valence-electron chi connectivity index (χ0n) is 11.7. The Kier molecular flexibility index (Phi) is 3.87. The maximum absolute atomic E-state index is 12.4. The van der Waals surface area contributed by atoms with E-state index in [4.69, 9.17) is 0 Å². The van der Waals surface area contributed by atoms with Crippen molar-refractivity contribution < 1.29 is 4.79 Å². The molecular weight excluding hydrogens is 270 g/mol. The topological polar surface area (TPSA) is 38.1 Å². The van der Waals surface area contributed by atoms with E-state index >= 15 is 0 Å². The molecule has 0 aromatic carbocycles. The summed E-state index contributed by atoms with van der Waals surface area (Å²) in [6.07, 6.45) is 4.69. The number of hydrogen-bond acceptors (Lipinski definition) is 3. The van der Waals surface area contributed by atoms with Crippen LogP contribution in [0, 0.1) is 0 Å². The highest BCUT2D eigenvalue weighted by atomic mass is 32.1. The zero-order valence-corrected chi connectivity index (χ0v) is 12.5. The average Bonchev–Trinajstić information content (AvgIpc) is 3.10. The number of carbonyl (C=O) groups excluding carboxylic acids is 1. The quantitative estimate of drug-likeness (QED) is 0.870. The summed E-state index contributed by atoms with van der Waals surface area (Å²) in [7, 11) is 1.94. The first-order valence-corrected chi connectivity index (χ1v) is 7.95. The van der Waals surface area contributed by atoms with Gasteiger partial charge in [0.1, 0.15) is 0 Å². The van der Waals surface area contributed by atoms with E-state index in [0.717, 1.165) is 37.2 Å². The van der Waals surface area contributed by atoms with E-state index in [1.807, 2.05) is 34.3 Å². The maximum Gasteiger partial charge on any atom is 0.227 e. The van der Waals surface area contributed by atoms with Crippen molar-refractivity contribution in [3.05, 3.63) is 40.3 Å². The molecule has 0 aliphatic carbocycles. The molecule has 1 atom stereocenters. The molecule has 0 N–H and O–H groups in total.